The summed E-state index contributed by atoms with van der Waals surface area (Å²) in [6, 6.07) is 0. The largest absolute Gasteiger partial charge is 0.298 e. The molecule has 0 saturated carbocycles. The Morgan fingerprint density at radius 3 is 1.87 bits per heavy atom. The molecule has 1 aliphatic heterocycles. The van der Waals surface area contributed by atoms with Gasteiger partial charge < -0.3 is 0 Å². The number of rotatable bonds is 4. The normalized spacial score (nSPS) is 15.6. The summed E-state index contributed by atoms with van der Waals surface area (Å²) < 4.78 is 0. The predicted molar refractivity (Wildman–Crippen MR) is 43.2 cm³/mol. The number of imide groups is 1. The number of hydrogen-bond donors (Lipinski definition) is 0. The molecule has 15 heavy (non-hydrogen) atoms. The van der Waals surface area contributed by atoms with E-state index in [9.17, 15) is 29.8 Å². The van der Waals surface area contributed by atoms with Crippen LogP contribution in [-0.2, 0) is 9.59 Å². The fourth-order valence-corrected chi connectivity index (χ4v) is 1.12. The lowest BCUT2D eigenvalue weighted by Crippen LogP contribution is -2.38. The van der Waals surface area contributed by atoms with Crippen molar-refractivity contribution >= 4 is 11.8 Å². The Labute approximate surface area is 82.9 Å². The number of likely N-dealkylation sites (tertiary alicyclic amines) is 1. The van der Waals surface area contributed by atoms with Crippen LogP contribution in [0.2, 0.25) is 0 Å². The van der Waals surface area contributed by atoms with Gasteiger partial charge in [0, 0.05) is 12.8 Å². The second kappa shape index (κ2) is 3.90. The molecule has 1 rings (SSSR count). The molecule has 0 spiro atoms. The summed E-state index contributed by atoms with van der Waals surface area (Å²) in [5.74, 6) is -1.25. The van der Waals surface area contributed by atoms with E-state index in [1.165, 1.54) is 0 Å². The molecule has 0 aromatic carbocycles. The summed E-state index contributed by atoms with van der Waals surface area (Å²) in [5, 5.41) is 20.4. The Morgan fingerprint density at radius 1 is 1.13 bits per heavy atom. The fraction of sp³-hybridized carbons (Fsp3) is 0.500. The molecule has 0 N–H and O–H groups in total. The number of carbonyl (C=O) groups is 2. The molecule has 0 unspecified atom stereocenters. The molecule has 9 nitrogen and oxygen atoms in total. The minimum absolute atomic E-state index is 0.0540. The molecule has 82 valence electrons. The van der Waals surface area contributed by atoms with Crippen molar-refractivity contribution in [2.75, 3.05) is 6.54 Å². The number of hydrogen-bond acceptors (Lipinski definition) is 6. The van der Waals surface area contributed by atoms with Crippen molar-refractivity contribution in [3.63, 3.8) is 0 Å². The maximum absolute atomic E-state index is 11.0. The van der Waals surface area contributed by atoms with Gasteiger partial charge in [-0.3, -0.25) is 34.7 Å². The number of carbonyl (C=O) groups excluding carboxylic acids is 2. The van der Waals surface area contributed by atoms with Crippen molar-refractivity contribution in [1.82, 2.24) is 4.90 Å². The zero-order chi connectivity index (χ0) is 11.6. The van der Waals surface area contributed by atoms with Crippen LogP contribution in [0.5, 0.6) is 0 Å². The summed E-state index contributed by atoms with van der Waals surface area (Å²) in [6.07, 6.45) is -1.39. The van der Waals surface area contributed by atoms with Crippen molar-refractivity contribution in [2.24, 2.45) is 0 Å². The van der Waals surface area contributed by atoms with Crippen molar-refractivity contribution in [1.29, 1.82) is 0 Å². The van der Waals surface area contributed by atoms with Gasteiger partial charge in [0.05, 0.1) is 6.54 Å². The first-order chi connectivity index (χ1) is 6.93. The highest BCUT2D eigenvalue weighted by Gasteiger charge is 2.33. The zero-order valence-electron chi connectivity index (χ0n) is 7.41. The molecule has 9 heteroatoms. The topological polar surface area (TPSA) is 124 Å². The first-order valence-corrected chi connectivity index (χ1v) is 3.91. The van der Waals surface area contributed by atoms with E-state index in [0.29, 0.717) is 4.90 Å². The highest BCUT2D eigenvalue weighted by atomic mass is 16.7. The molecule has 0 aromatic heterocycles. The standard InChI is InChI=1S/C6H6N3O6/c10-5-1-2-6(11)7(5)3-4(8(12)13)9(14)15/h1-3H2/q-1. The number of nitrogens with zero attached hydrogens (tertiary/aromatic N) is 3. The first-order valence-electron chi connectivity index (χ1n) is 3.91. The van der Waals surface area contributed by atoms with E-state index in [1.807, 2.05) is 0 Å². The number of amides is 2. The van der Waals surface area contributed by atoms with Gasteiger partial charge in [-0.2, -0.15) is 0 Å². The van der Waals surface area contributed by atoms with Crippen LogP contribution in [0, 0.1) is 26.4 Å². The van der Waals surface area contributed by atoms with Crippen LogP contribution < -0.4 is 0 Å². The van der Waals surface area contributed by atoms with E-state index in [-0.39, 0.29) is 12.8 Å². The second-order valence-electron chi connectivity index (χ2n) is 2.80. The quantitative estimate of drug-likeness (QED) is 0.261. The monoisotopic (exact) mass is 216 g/mol. The molecular formula is C6H6N3O6-. The summed E-state index contributed by atoms with van der Waals surface area (Å²) in [4.78, 5) is 40.6. The second-order valence-corrected chi connectivity index (χ2v) is 2.80. The van der Waals surface area contributed by atoms with Crippen molar-refractivity contribution in [2.45, 2.75) is 12.8 Å². The lowest BCUT2D eigenvalue weighted by molar-refractivity contribution is -0.670. The minimum atomic E-state index is -1.28. The summed E-state index contributed by atoms with van der Waals surface area (Å²) in [7, 11) is 0. The molecule has 2 amide bonds. The van der Waals surface area contributed by atoms with Crippen molar-refractivity contribution in [3.8, 4) is 0 Å². The van der Waals surface area contributed by atoms with Crippen LogP contribution in [0.1, 0.15) is 12.8 Å². The molecule has 0 aromatic rings. The van der Waals surface area contributed by atoms with Gasteiger partial charge in [-0.15, -0.1) is 0 Å². The van der Waals surface area contributed by atoms with Crippen molar-refractivity contribution in [3.05, 3.63) is 26.4 Å². The first kappa shape index (κ1) is 10.9. The molecule has 1 heterocycles. The molecule has 1 saturated heterocycles. The van der Waals surface area contributed by atoms with Gasteiger partial charge in [0.2, 0.25) is 11.8 Å². The van der Waals surface area contributed by atoms with Crippen LogP contribution in [-0.4, -0.2) is 33.1 Å². The van der Waals surface area contributed by atoms with Crippen molar-refractivity contribution < 1.29 is 19.4 Å². The Bertz CT molecular complexity index is 310. The van der Waals surface area contributed by atoms with Gasteiger partial charge in [0.15, 0.2) is 0 Å². The van der Waals surface area contributed by atoms with E-state index in [0.717, 1.165) is 0 Å². The molecular weight excluding hydrogens is 210 g/mol. The Hall–Kier alpha value is -2.19. The van der Waals surface area contributed by atoms with E-state index in [2.05, 4.69) is 0 Å². The Balaban J connectivity index is 2.74. The van der Waals surface area contributed by atoms with Gasteiger partial charge in [0.1, 0.15) is 0 Å². The predicted octanol–water partition coefficient (Wildman–Crippen LogP) is -0.822. The maximum Gasteiger partial charge on any atom is 0.283 e. The third-order valence-corrected chi connectivity index (χ3v) is 1.88. The zero-order valence-corrected chi connectivity index (χ0v) is 7.41. The van der Waals surface area contributed by atoms with Gasteiger partial charge in [0.25, 0.3) is 6.17 Å². The molecule has 1 aliphatic rings. The number of nitro groups is 2. The highest BCUT2D eigenvalue weighted by Crippen LogP contribution is 2.15. The molecule has 0 bridgehead atoms. The minimum Gasteiger partial charge on any atom is -0.298 e. The van der Waals surface area contributed by atoms with E-state index in [4.69, 9.17) is 0 Å². The van der Waals surface area contributed by atoms with Crippen LogP contribution in [0.15, 0.2) is 0 Å². The SMILES string of the molecule is O=C1CCC(=O)N1C[C-]([N+](=O)[O-])[N+](=O)[O-]. The third-order valence-electron chi connectivity index (χ3n) is 1.88. The molecule has 1 fully saturated rings. The molecule has 0 aliphatic carbocycles. The Kier molecular flexibility index (Phi) is 2.83. The summed E-state index contributed by atoms with van der Waals surface area (Å²) in [6.45, 7) is -0.877. The van der Waals surface area contributed by atoms with Gasteiger partial charge in [-0.25, -0.2) is 0 Å². The van der Waals surface area contributed by atoms with Gasteiger partial charge >= 0.3 is 0 Å². The molecule has 0 atom stereocenters. The van der Waals surface area contributed by atoms with Crippen LogP contribution >= 0.6 is 0 Å². The lowest BCUT2D eigenvalue weighted by Gasteiger charge is -2.19. The Morgan fingerprint density at radius 2 is 1.53 bits per heavy atom. The summed E-state index contributed by atoms with van der Waals surface area (Å²) in [5.41, 5.74) is 0. The highest BCUT2D eigenvalue weighted by molar-refractivity contribution is 6.02. The molecule has 0 radical (unpaired) electrons. The third kappa shape index (κ3) is 2.18. The average molecular weight is 216 g/mol. The smallest absolute Gasteiger partial charge is 0.283 e. The van der Waals surface area contributed by atoms with E-state index in [1.54, 1.807) is 0 Å². The average Bonchev–Trinajstić information content (AvgIpc) is 2.42. The van der Waals surface area contributed by atoms with Crippen LogP contribution in [0.4, 0.5) is 0 Å². The van der Waals surface area contributed by atoms with E-state index >= 15 is 0 Å². The van der Waals surface area contributed by atoms with E-state index < -0.39 is 34.4 Å². The van der Waals surface area contributed by atoms with Crippen LogP contribution in [0.3, 0.4) is 0 Å². The van der Waals surface area contributed by atoms with Crippen LogP contribution in [0.25, 0.3) is 0 Å². The fourth-order valence-electron chi connectivity index (χ4n) is 1.12. The van der Waals surface area contributed by atoms with Gasteiger partial charge in [-0.05, 0) is 9.85 Å². The van der Waals surface area contributed by atoms with Gasteiger partial charge in [-0.1, -0.05) is 0 Å². The summed E-state index contributed by atoms with van der Waals surface area (Å²) >= 11 is 0. The lowest BCUT2D eigenvalue weighted by atomic mass is 10.4. The maximum atomic E-state index is 11.0.